The topological polar surface area (TPSA) is 77.2 Å². The first-order chi connectivity index (χ1) is 11.8. The Morgan fingerprint density at radius 1 is 1.24 bits per heavy atom. The maximum Gasteiger partial charge on any atom is 0.416 e. The van der Waals surface area contributed by atoms with Crippen LogP contribution in [0.4, 0.5) is 18.3 Å². The second-order valence-corrected chi connectivity index (χ2v) is 6.46. The molecule has 2 aromatic carbocycles. The average molecular weight is 365 g/mol. The smallest absolute Gasteiger partial charge is 0.416 e. The highest BCUT2D eigenvalue weighted by molar-refractivity contribution is 7.22. The number of aromatic nitrogens is 1. The Balaban J connectivity index is 1.75. The third kappa shape index (κ3) is 2.66. The van der Waals surface area contributed by atoms with Gasteiger partial charge in [0.15, 0.2) is 11.4 Å². The number of hydrogen-bond donors (Lipinski definition) is 2. The molecule has 9 heteroatoms. The Labute approximate surface area is 143 Å². The van der Waals surface area contributed by atoms with E-state index in [1.165, 1.54) is 12.1 Å². The molecular formula is C16H10F3N3O2S. The number of amides is 1. The maximum absolute atomic E-state index is 12.9. The number of carbonyl (C=O) groups is 1. The summed E-state index contributed by atoms with van der Waals surface area (Å²) in [7, 11) is 0. The molecule has 0 bridgehead atoms. The quantitative estimate of drug-likeness (QED) is 0.689. The molecule has 1 aliphatic rings. The lowest BCUT2D eigenvalue weighted by Crippen LogP contribution is -2.37. The van der Waals surface area contributed by atoms with Gasteiger partial charge in [0.05, 0.1) is 15.8 Å². The Morgan fingerprint density at radius 2 is 2.04 bits per heavy atom. The van der Waals surface area contributed by atoms with Crippen LogP contribution in [0.3, 0.4) is 0 Å². The van der Waals surface area contributed by atoms with Gasteiger partial charge in [0.2, 0.25) is 0 Å². The molecule has 3 N–H and O–H groups in total. The predicted molar refractivity (Wildman–Crippen MR) is 86.3 cm³/mol. The third-order valence-corrected chi connectivity index (χ3v) is 4.70. The molecule has 0 saturated carbocycles. The second kappa shape index (κ2) is 5.35. The van der Waals surface area contributed by atoms with E-state index in [9.17, 15) is 18.0 Å². The number of thiazole rings is 1. The highest BCUT2D eigenvalue weighted by Gasteiger charge is 2.33. The van der Waals surface area contributed by atoms with Crippen LogP contribution >= 0.6 is 11.3 Å². The van der Waals surface area contributed by atoms with E-state index in [1.807, 2.05) is 0 Å². The van der Waals surface area contributed by atoms with Crippen LogP contribution in [0, 0.1) is 0 Å². The van der Waals surface area contributed by atoms with E-state index >= 15 is 0 Å². The van der Waals surface area contributed by atoms with Gasteiger partial charge in [-0.25, -0.2) is 4.98 Å². The molecular weight excluding hydrogens is 355 g/mol. The van der Waals surface area contributed by atoms with Crippen LogP contribution in [0.5, 0.6) is 5.75 Å². The van der Waals surface area contributed by atoms with Gasteiger partial charge in [-0.2, -0.15) is 13.2 Å². The number of alkyl halides is 3. The molecule has 128 valence electrons. The van der Waals surface area contributed by atoms with Crippen molar-refractivity contribution in [3.8, 4) is 5.75 Å². The van der Waals surface area contributed by atoms with Gasteiger partial charge in [0.1, 0.15) is 11.3 Å². The molecule has 0 fully saturated rings. The summed E-state index contributed by atoms with van der Waals surface area (Å²) >= 11 is 1.15. The van der Waals surface area contributed by atoms with Gasteiger partial charge >= 0.3 is 6.18 Å². The Hall–Kier alpha value is -2.81. The van der Waals surface area contributed by atoms with Crippen molar-refractivity contribution in [2.45, 2.75) is 12.4 Å². The molecule has 1 unspecified atom stereocenters. The van der Waals surface area contributed by atoms with E-state index in [0.29, 0.717) is 15.3 Å². The highest BCUT2D eigenvalue weighted by Crippen LogP contribution is 2.38. The minimum atomic E-state index is -4.47. The van der Waals surface area contributed by atoms with Crippen molar-refractivity contribution < 1.29 is 22.7 Å². The number of halogens is 3. The van der Waals surface area contributed by atoms with Crippen molar-refractivity contribution >= 4 is 32.6 Å². The van der Waals surface area contributed by atoms with E-state index in [-0.39, 0.29) is 16.9 Å². The van der Waals surface area contributed by atoms with Crippen LogP contribution in [0.15, 0.2) is 36.4 Å². The van der Waals surface area contributed by atoms with Gasteiger partial charge in [-0.15, -0.1) is 0 Å². The van der Waals surface area contributed by atoms with Gasteiger partial charge < -0.3 is 15.8 Å². The van der Waals surface area contributed by atoms with E-state index in [1.54, 1.807) is 12.1 Å². The zero-order valence-corrected chi connectivity index (χ0v) is 13.2. The number of hydrogen-bond acceptors (Lipinski definition) is 5. The van der Waals surface area contributed by atoms with Crippen molar-refractivity contribution in [3.63, 3.8) is 0 Å². The van der Waals surface area contributed by atoms with Crippen molar-refractivity contribution in [1.82, 2.24) is 10.3 Å². The number of nitrogens with one attached hydrogen (secondary N) is 1. The summed E-state index contributed by atoms with van der Waals surface area (Å²) in [6, 6.07) is 7.88. The van der Waals surface area contributed by atoms with Gasteiger partial charge in [0.25, 0.3) is 5.91 Å². The zero-order chi connectivity index (χ0) is 17.8. The van der Waals surface area contributed by atoms with Crippen molar-refractivity contribution in [2.24, 2.45) is 0 Å². The van der Waals surface area contributed by atoms with E-state index in [4.69, 9.17) is 10.5 Å². The number of nitrogens with zero attached hydrogens (tertiary/aromatic N) is 1. The fourth-order valence-electron chi connectivity index (χ4n) is 2.68. The minimum absolute atomic E-state index is 0.206. The second-order valence-electron chi connectivity index (χ2n) is 5.43. The number of rotatable bonds is 1. The first-order valence-corrected chi connectivity index (χ1v) is 7.98. The van der Waals surface area contributed by atoms with Crippen molar-refractivity contribution in [1.29, 1.82) is 0 Å². The van der Waals surface area contributed by atoms with Crippen LogP contribution in [0.25, 0.3) is 10.2 Å². The molecule has 1 amide bonds. The summed E-state index contributed by atoms with van der Waals surface area (Å²) in [4.78, 5) is 16.6. The van der Waals surface area contributed by atoms with Gasteiger partial charge in [0, 0.05) is 5.56 Å². The molecule has 2 heterocycles. The Bertz CT molecular complexity index is 1000. The number of nitrogens with two attached hydrogens (primary N) is 1. The molecule has 1 aromatic heterocycles. The van der Waals surface area contributed by atoms with Crippen molar-refractivity contribution in [3.05, 3.63) is 53.1 Å². The number of benzene rings is 2. The molecule has 5 nitrogen and oxygen atoms in total. The molecule has 25 heavy (non-hydrogen) atoms. The molecule has 4 rings (SSSR count). The maximum atomic E-state index is 12.9. The summed E-state index contributed by atoms with van der Waals surface area (Å²) in [6.45, 7) is 0. The molecule has 1 aliphatic heterocycles. The molecule has 0 radical (unpaired) electrons. The van der Waals surface area contributed by atoms with E-state index in [0.717, 1.165) is 23.5 Å². The van der Waals surface area contributed by atoms with Gasteiger partial charge in [-0.1, -0.05) is 23.5 Å². The molecule has 0 aliphatic carbocycles. The zero-order valence-electron chi connectivity index (χ0n) is 12.4. The summed E-state index contributed by atoms with van der Waals surface area (Å²) in [5, 5.41) is 2.89. The fraction of sp³-hybridized carbons (Fsp3) is 0.125. The van der Waals surface area contributed by atoms with Crippen LogP contribution in [-0.2, 0) is 6.18 Å². The lowest BCUT2D eigenvalue weighted by Gasteiger charge is -2.27. The molecule has 3 aromatic rings. The summed E-state index contributed by atoms with van der Waals surface area (Å²) in [5.41, 5.74) is 5.93. The van der Waals surface area contributed by atoms with Crippen LogP contribution in [0.2, 0.25) is 0 Å². The Kier molecular flexibility index (Phi) is 3.36. The number of ether oxygens (including phenoxy) is 1. The normalized spacial score (nSPS) is 17.1. The lowest BCUT2D eigenvalue weighted by molar-refractivity contribution is -0.137. The molecule has 0 spiro atoms. The monoisotopic (exact) mass is 365 g/mol. The summed E-state index contributed by atoms with van der Waals surface area (Å²) in [5.74, 6) is -0.166. The predicted octanol–water partition coefficient (Wildman–Crippen LogP) is 3.72. The Morgan fingerprint density at radius 3 is 2.80 bits per heavy atom. The number of nitrogen functional groups attached to an aromatic ring is 1. The summed E-state index contributed by atoms with van der Waals surface area (Å²) < 4.78 is 44.9. The molecule has 1 atom stereocenters. The summed E-state index contributed by atoms with van der Waals surface area (Å²) in [6.07, 6.45) is -5.48. The van der Waals surface area contributed by atoms with E-state index < -0.39 is 23.9 Å². The van der Waals surface area contributed by atoms with Gasteiger partial charge in [-0.05, 0) is 24.3 Å². The third-order valence-electron chi connectivity index (χ3n) is 3.79. The number of carbonyl (C=O) groups excluding carboxylic acids is 1. The van der Waals surface area contributed by atoms with Gasteiger partial charge in [-0.3, -0.25) is 4.79 Å². The van der Waals surface area contributed by atoms with Crippen LogP contribution < -0.4 is 15.8 Å². The first-order valence-electron chi connectivity index (χ1n) is 7.16. The van der Waals surface area contributed by atoms with Crippen LogP contribution in [-0.4, -0.2) is 10.9 Å². The van der Waals surface area contributed by atoms with Crippen molar-refractivity contribution in [2.75, 3.05) is 5.73 Å². The first kappa shape index (κ1) is 15.7. The number of anilines is 1. The van der Waals surface area contributed by atoms with E-state index in [2.05, 4.69) is 10.3 Å². The SMILES string of the molecule is Nc1nc2ccc3c(c2s1)C(=O)NC(c1cccc(C(F)(F)F)c1)O3. The standard InChI is InChI=1S/C16H10F3N3O2S/c17-16(18,19)8-3-1-2-7(6-8)14-22-13(23)11-10(24-14)5-4-9-12(11)25-15(20)21-9/h1-6,14H,(H2,20,21)(H,22,23). The highest BCUT2D eigenvalue weighted by atomic mass is 32.1. The van der Waals surface area contributed by atoms with Crippen LogP contribution in [0.1, 0.15) is 27.7 Å². The fourth-order valence-corrected chi connectivity index (χ4v) is 3.55. The average Bonchev–Trinajstić information content (AvgIpc) is 2.94. The minimum Gasteiger partial charge on any atom is -0.466 e. The lowest BCUT2D eigenvalue weighted by atomic mass is 10.1. The molecule has 0 saturated heterocycles. The number of fused-ring (bicyclic) bond motifs is 3. The largest absolute Gasteiger partial charge is 0.466 e.